The summed E-state index contributed by atoms with van der Waals surface area (Å²) in [6.45, 7) is 6.39. The van der Waals surface area contributed by atoms with Crippen LogP contribution in [-0.4, -0.2) is 40.5 Å². The standard InChI is InChI=1S/C12H22N2O3/c1-11(2,13)8-9(15)14-6-4-12(3,5-7-14)10(16)17/h4-8,13H2,1-3H3,(H,16,17). The van der Waals surface area contributed by atoms with Crippen molar-refractivity contribution in [1.29, 1.82) is 0 Å². The molecule has 5 heteroatoms. The molecule has 1 aliphatic heterocycles. The first kappa shape index (κ1) is 14.0. The minimum atomic E-state index is -0.774. The van der Waals surface area contributed by atoms with Crippen LogP contribution >= 0.6 is 0 Å². The van der Waals surface area contributed by atoms with Gasteiger partial charge >= 0.3 is 5.97 Å². The Bertz CT molecular complexity index is 312. The Balaban J connectivity index is 2.53. The molecule has 0 aliphatic carbocycles. The minimum absolute atomic E-state index is 0.0185. The van der Waals surface area contributed by atoms with Crippen LogP contribution in [0.2, 0.25) is 0 Å². The fraction of sp³-hybridized carbons (Fsp3) is 0.833. The molecule has 0 aromatic carbocycles. The molecule has 5 nitrogen and oxygen atoms in total. The van der Waals surface area contributed by atoms with Crippen LogP contribution in [0.1, 0.15) is 40.0 Å². The van der Waals surface area contributed by atoms with Crippen LogP contribution in [0, 0.1) is 5.41 Å². The molecule has 0 saturated carbocycles. The zero-order valence-corrected chi connectivity index (χ0v) is 10.8. The molecule has 0 bridgehead atoms. The molecule has 0 spiro atoms. The summed E-state index contributed by atoms with van der Waals surface area (Å²) < 4.78 is 0. The van der Waals surface area contributed by atoms with E-state index in [1.165, 1.54) is 0 Å². The summed E-state index contributed by atoms with van der Waals surface area (Å²) in [5, 5.41) is 9.09. The third-order valence-corrected chi connectivity index (χ3v) is 3.34. The Morgan fingerprint density at radius 2 is 1.82 bits per heavy atom. The van der Waals surface area contributed by atoms with Crippen molar-refractivity contribution in [2.45, 2.75) is 45.6 Å². The maximum atomic E-state index is 11.9. The van der Waals surface area contributed by atoms with E-state index in [1.807, 2.05) is 13.8 Å². The third kappa shape index (κ3) is 3.70. The van der Waals surface area contributed by atoms with Crippen LogP contribution in [0.4, 0.5) is 0 Å². The zero-order valence-electron chi connectivity index (χ0n) is 10.8. The van der Waals surface area contributed by atoms with E-state index in [1.54, 1.807) is 11.8 Å². The van der Waals surface area contributed by atoms with Gasteiger partial charge in [0.1, 0.15) is 0 Å². The number of carbonyl (C=O) groups is 2. The predicted octanol–water partition coefficient (Wildman–Crippen LogP) is 0.827. The van der Waals surface area contributed by atoms with Gasteiger partial charge in [-0.25, -0.2) is 0 Å². The SMILES string of the molecule is CC(C)(N)CC(=O)N1CCC(C)(C(=O)O)CC1. The molecule has 1 aliphatic rings. The fourth-order valence-electron chi connectivity index (χ4n) is 1.97. The van der Waals surface area contributed by atoms with Crippen LogP contribution < -0.4 is 5.73 Å². The smallest absolute Gasteiger partial charge is 0.309 e. The van der Waals surface area contributed by atoms with Crippen LogP contribution in [0.15, 0.2) is 0 Å². The molecule has 1 saturated heterocycles. The van der Waals surface area contributed by atoms with Gasteiger partial charge in [0, 0.05) is 25.0 Å². The lowest BCUT2D eigenvalue weighted by Gasteiger charge is -2.37. The summed E-state index contributed by atoms with van der Waals surface area (Å²) in [6.07, 6.45) is 1.33. The molecule has 3 N–H and O–H groups in total. The highest BCUT2D eigenvalue weighted by molar-refractivity contribution is 5.78. The number of nitrogens with two attached hydrogens (primary N) is 1. The number of nitrogens with zero attached hydrogens (tertiary/aromatic N) is 1. The normalized spacial score (nSPS) is 20.1. The highest BCUT2D eigenvalue weighted by Gasteiger charge is 2.38. The van der Waals surface area contributed by atoms with E-state index in [0.29, 0.717) is 32.4 Å². The lowest BCUT2D eigenvalue weighted by molar-refractivity contribution is -0.153. The average molecular weight is 242 g/mol. The van der Waals surface area contributed by atoms with Gasteiger partial charge in [0.05, 0.1) is 5.41 Å². The molecule has 0 unspecified atom stereocenters. The van der Waals surface area contributed by atoms with Crippen LogP contribution in [-0.2, 0) is 9.59 Å². The van der Waals surface area contributed by atoms with Crippen LogP contribution in [0.5, 0.6) is 0 Å². The van der Waals surface area contributed by atoms with E-state index >= 15 is 0 Å². The third-order valence-electron chi connectivity index (χ3n) is 3.34. The van der Waals surface area contributed by atoms with Crippen molar-refractivity contribution in [2.75, 3.05) is 13.1 Å². The average Bonchev–Trinajstić information content (AvgIpc) is 2.15. The summed E-state index contributed by atoms with van der Waals surface area (Å²) >= 11 is 0. The first-order valence-corrected chi connectivity index (χ1v) is 5.94. The van der Waals surface area contributed by atoms with Crippen molar-refractivity contribution in [3.8, 4) is 0 Å². The minimum Gasteiger partial charge on any atom is -0.481 e. The predicted molar refractivity (Wildman–Crippen MR) is 64.4 cm³/mol. The molecule has 1 heterocycles. The first-order chi connectivity index (χ1) is 7.64. The summed E-state index contributed by atoms with van der Waals surface area (Å²) in [4.78, 5) is 24.7. The second kappa shape index (κ2) is 4.64. The Morgan fingerprint density at radius 1 is 1.35 bits per heavy atom. The van der Waals surface area contributed by atoms with Crippen molar-refractivity contribution < 1.29 is 14.7 Å². The summed E-state index contributed by atoms with van der Waals surface area (Å²) in [6, 6.07) is 0. The zero-order chi connectivity index (χ0) is 13.3. The molecular formula is C12H22N2O3. The number of carboxylic acids is 1. The number of likely N-dealkylation sites (tertiary alicyclic amines) is 1. The molecule has 1 amide bonds. The second-order valence-corrected chi connectivity index (χ2v) is 5.91. The van der Waals surface area contributed by atoms with E-state index in [9.17, 15) is 9.59 Å². The van der Waals surface area contributed by atoms with Crippen molar-refractivity contribution in [2.24, 2.45) is 11.1 Å². The van der Waals surface area contributed by atoms with Gasteiger partial charge in [0.2, 0.25) is 5.91 Å². The molecule has 98 valence electrons. The maximum absolute atomic E-state index is 11.9. The largest absolute Gasteiger partial charge is 0.481 e. The number of amides is 1. The molecule has 1 rings (SSSR count). The molecule has 17 heavy (non-hydrogen) atoms. The lowest BCUT2D eigenvalue weighted by atomic mass is 9.80. The number of aliphatic carboxylic acids is 1. The summed E-state index contributed by atoms with van der Waals surface area (Å²) in [5.74, 6) is -0.756. The number of rotatable bonds is 3. The Kier molecular flexibility index (Phi) is 3.81. The van der Waals surface area contributed by atoms with Gasteiger partial charge in [-0.3, -0.25) is 9.59 Å². The van der Waals surface area contributed by atoms with Crippen molar-refractivity contribution in [3.63, 3.8) is 0 Å². The monoisotopic (exact) mass is 242 g/mol. The number of hydrogen-bond donors (Lipinski definition) is 2. The van der Waals surface area contributed by atoms with Gasteiger partial charge in [-0.2, -0.15) is 0 Å². The van der Waals surface area contributed by atoms with Gasteiger partial charge in [-0.1, -0.05) is 0 Å². The van der Waals surface area contributed by atoms with Gasteiger partial charge < -0.3 is 15.7 Å². The van der Waals surface area contributed by atoms with E-state index in [4.69, 9.17) is 10.8 Å². The van der Waals surface area contributed by atoms with Crippen LogP contribution in [0.3, 0.4) is 0 Å². The number of carbonyl (C=O) groups excluding carboxylic acids is 1. The number of carboxylic acid groups (broad SMARTS) is 1. The number of hydrogen-bond acceptors (Lipinski definition) is 3. The maximum Gasteiger partial charge on any atom is 0.309 e. The molecule has 0 atom stereocenters. The summed E-state index contributed by atoms with van der Waals surface area (Å²) in [7, 11) is 0. The summed E-state index contributed by atoms with van der Waals surface area (Å²) in [5.41, 5.74) is 4.61. The van der Waals surface area contributed by atoms with E-state index in [-0.39, 0.29) is 5.91 Å². The highest BCUT2D eigenvalue weighted by atomic mass is 16.4. The topological polar surface area (TPSA) is 83.6 Å². The van der Waals surface area contributed by atoms with Crippen molar-refractivity contribution >= 4 is 11.9 Å². The van der Waals surface area contributed by atoms with E-state index in [0.717, 1.165) is 0 Å². The van der Waals surface area contributed by atoms with Gasteiger partial charge in [-0.15, -0.1) is 0 Å². The van der Waals surface area contributed by atoms with Gasteiger partial charge in [0.15, 0.2) is 0 Å². The lowest BCUT2D eigenvalue weighted by Crippen LogP contribution is -2.47. The molecule has 0 radical (unpaired) electrons. The fourth-order valence-corrected chi connectivity index (χ4v) is 1.97. The second-order valence-electron chi connectivity index (χ2n) is 5.91. The Hall–Kier alpha value is -1.10. The Morgan fingerprint density at radius 3 is 2.18 bits per heavy atom. The van der Waals surface area contributed by atoms with Crippen molar-refractivity contribution in [1.82, 2.24) is 4.90 Å². The molecule has 1 fully saturated rings. The Labute approximate surface area is 102 Å². The highest BCUT2D eigenvalue weighted by Crippen LogP contribution is 2.31. The van der Waals surface area contributed by atoms with Gasteiger partial charge in [0.25, 0.3) is 0 Å². The molecule has 0 aromatic heterocycles. The van der Waals surface area contributed by atoms with Crippen LogP contribution in [0.25, 0.3) is 0 Å². The molecular weight excluding hydrogens is 220 g/mol. The quantitative estimate of drug-likeness (QED) is 0.767. The van der Waals surface area contributed by atoms with Gasteiger partial charge in [-0.05, 0) is 33.6 Å². The van der Waals surface area contributed by atoms with Crippen molar-refractivity contribution in [3.05, 3.63) is 0 Å². The van der Waals surface area contributed by atoms with E-state index in [2.05, 4.69) is 0 Å². The van der Waals surface area contributed by atoms with E-state index < -0.39 is 16.9 Å². The molecule has 0 aromatic rings. The first-order valence-electron chi connectivity index (χ1n) is 5.94. The number of piperidine rings is 1.